The maximum Gasteiger partial charge on any atom is 0.262 e. The predicted molar refractivity (Wildman–Crippen MR) is 118 cm³/mol. The molecule has 2 aromatic rings. The smallest absolute Gasteiger partial charge is 0.262 e. The summed E-state index contributed by atoms with van der Waals surface area (Å²) in [6.07, 6.45) is 0.558. The molecule has 1 aliphatic heterocycles. The molecular formula is C23H26ClN3O3. The Kier molecular flexibility index (Phi) is 6.77. The number of hydrogen-bond acceptors (Lipinski definition) is 4. The molecule has 6 nitrogen and oxygen atoms in total. The van der Waals surface area contributed by atoms with Crippen LogP contribution in [0.25, 0.3) is 0 Å². The molecule has 0 spiro atoms. The van der Waals surface area contributed by atoms with E-state index in [0.717, 1.165) is 22.6 Å². The van der Waals surface area contributed by atoms with Crippen molar-refractivity contribution in [3.8, 4) is 5.75 Å². The Labute approximate surface area is 182 Å². The van der Waals surface area contributed by atoms with E-state index in [-0.39, 0.29) is 30.3 Å². The number of rotatable bonds is 6. The van der Waals surface area contributed by atoms with Gasteiger partial charge in [-0.25, -0.2) is 5.01 Å². The first kappa shape index (κ1) is 21.8. The van der Waals surface area contributed by atoms with Gasteiger partial charge in [-0.05, 0) is 29.8 Å². The lowest BCUT2D eigenvalue weighted by Gasteiger charge is -2.25. The van der Waals surface area contributed by atoms with Crippen molar-refractivity contribution in [3.63, 3.8) is 0 Å². The number of amides is 2. The van der Waals surface area contributed by atoms with Crippen LogP contribution in [-0.4, -0.2) is 48.1 Å². The Hall–Kier alpha value is -2.86. The highest BCUT2D eigenvalue weighted by atomic mass is 35.5. The second-order valence-corrected chi connectivity index (χ2v) is 8.07. The molecule has 30 heavy (non-hydrogen) atoms. The highest BCUT2D eigenvalue weighted by molar-refractivity contribution is 6.30. The van der Waals surface area contributed by atoms with Crippen LogP contribution in [0.1, 0.15) is 37.4 Å². The molecule has 0 bridgehead atoms. The van der Waals surface area contributed by atoms with E-state index in [2.05, 4.69) is 5.10 Å². The molecule has 2 amide bonds. The van der Waals surface area contributed by atoms with Gasteiger partial charge in [0.1, 0.15) is 12.3 Å². The highest BCUT2D eigenvalue weighted by Crippen LogP contribution is 2.34. The number of halogens is 1. The molecule has 0 radical (unpaired) electrons. The van der Waals surface area contributed by atoms with Crippen molar-refractivity contribution in [2.24, 2.45) is 11.0 Å². The summed E-state index contributed by atoms with van der Waals surface area (Å²) >= 11 is 6.04. The minimum atomic E-state index is -0.265. The summed E-state index contributed by atoms with van der Waals surface area (Å²) in [5.74, 6) is 0.238. The van der Waals surface area contributed by atoms with Gasteiger partial charge in [0.2, 0.25) is 5.91 Å². The normalized spacial score (nSPS) is 15.9. The zero-order valence-corrected chi connectivity index (χ0v) is 18.4. The molecule has 0 saturated heterocycles. The molecule has 7 heteroatoms. The number of hydrogen-bond donors (Lipinski definition) is 0. The third-order valence-electron chi connectivity index (χ3n) is 5.07. The fraction of sp³-hybridized carbons (Fsp3) is 0.348. The second-order valence-electron chi connectivity index (χ2n) is 7.64. The van der Waals surface area contributed by atoms with E-state index >= 15 is 0 Å². The van der Waals surface area contributed by atoms with Gasteiger partial charge >= 0.3 is 0 Å². The Morgan fingerprint density at radius 1 is 1.23 bits per heavy atom. The van der Waals surface area contributed by atoms with Crippen molar-refractivity contribution in [2.45, 2.75) is 26.3 Å². The Balaban J connectivity index is 1.91. The van der Waals surface area contributed by atoms with Gasteiger partial charge in [0.25, 0.3) is 5.91 Å². The third-order valence-corrected chi connectivity index (χ3v) is 5.32. The maximum absolute atomic E-state index is 13.1. The summed E-state index contributed by atoms with van der Waals surface area (Å²) < 4.78 is 5.32. The molecule has 3 rings (SSSR count). The minimum absolute atomic E-state index is 0.0318. The first-order valence-corrected chi connectivity index (χ1v) is 10.2. The van der Waals surface area contributed by atoms with E-state index in [1.54, 1.807) is 26.3 Å². The average Bonchev–Trinajstić information content (AvgIpc) is 3.19. The van der Waals surface area contributed by atoms with Gasteiger partial charge in [-0.15, -0.1) is 0 Å². The largest absolute Gasteiger partial charge is 0.497 e. The molecule has 2 aromatic carbocycles. The van der Waals surface area contributed by atoms with Crippen LogP contribution in [0.15, 0.2) is 53.6 Å². The van der Waals surface area contributed by atoms with Crippen molar-refractivity contribution in [2.75, 3.05) is 20.7 Å². The van der Waals surface area contributed by atoms with Crippen LogP contribution < -0.4 is 4.74 Å². The number of ether oxygens (including phenoxy) is 1. The number of nitrogens with zero attached hydrogens (tertiary/aromatic N) is 3. The van der Waals surface area contributed by atoms with Crippen LogP contribution in [0.3, 0.4) is 0 Å². The highest BCUT2D eigenvalue weighted by Gasteiger charge is 2.34. The quantitative estimate of drug-likeness (QED) is 0.696. The first-order valence-electron chi connectivity index (χ1n) is 9.84. The van der Waals surface area contributed by atoms with Crippen molar-refractivity contribution in [1.82, 2.24) is 9.91 Å². The Bertz CT molecular complexity index is 956. The summed E-state index contributed by atoms with van der Waals surface area (Å²) in [4.78, 5) is 26.8. The summed E-state index contributed by atoms with van der Waals surface area (Å²) in [6.45, 7) is 3.60. The number of benzene rings is 2. The Morgan fingerprint density at radius 3 is 2.57 bits per heavy atom. The number of carbonyl (C=O) groups excluding carboxylic acids is 2. The molecule has 158 valence electrons. The fourth-order valence-electron chi connectivity index (χ4n) is 3.46. The van der Waals surface area contributed by atoms with Crippen LogP contribution in [0, 0.1) is 5.92 Å². The van der Waals surface area contributed by atoms with Gasteiger partial charge in [0.05, 0.1) is 18.9 Å². The molecule has 1 atom stereocenters. The van der Waals surface area contributed by atoms with Crippen LogP contribution >= 0.6 is 11.6 Å². The zero-order valence-electron chi connectivity index (χ0n) is 17.6. The third kappa shape index (κ3) is 4.82. The van der Waals surface area contributed by atoms with E-state index in [1.165, 1.54) is 9.91 Å². The van der Waals surface area contributed by atoms with Gasteiger partial charge in [-0.1, -0.05) is 49.7 Å². The Morgan fingerprint density at radius 2 is 1.93 bits per heavy atom. The monoisotopic (exact) mass is 427 g/mol. The fourth-order valence-corrected chi connectivity index (χ4v) is 3.58. The van der Waals surface area contributed by atoms with Gasteiger partial charge in [0, 0.05) is 30.0 Å². The van der Waals surface area contributed by atoms with Gasteiger partial charge in [-0.2, -0.15) is 5.10 Å². The number of hydrazone groups is 1. The summed E-state index contributed by atoms with van der Waals surface area (Å²) in [5.41, 5.74) is 2.63. The average molecular weight is 428 g/mol. The lowest BCUT2D eigenvalue weighted by Crippen LogP contribution is -2.40. The SMILES string of the molecule is COc1cccc(C2=NN(C(=O)CN(C)C(=O)C(C)C)[C@@H](c3ccc(Cl)cc3)C2)c1. The van der Waals surface area contributed by atoms with E-state index in [4.69, 9.17) is 16.3 Å². The van der Waals surface area contributed by atoms with Crippen molar-refractivity contribution in [3.05, 3.63) is 64.7 Å². The number of carbonyl (C=O) groups is 2. The molecule has 0 saturated carbocycles. The number of methoxy groups -OCH3 is 1. The molecule has 0 fully saturated rings. The molecule has 1 heterocycles. The van der Waals surface area contributed by atoms with Crippen LogP contribution in [0.2, 0.25) is 5.02 Å². The zero-order chi connectivity index (χ0) is 21.8. The van der Waals surface area contributed by atoms with Gasteiger partial charge in [-0.3, -0.25) is 9.59 Å². The maximum atomic E-state index is 13.1. The lowest BCUT2D eigenvalue weighted by atomic mass is 9.98. The van der Waals surface area contributed by atoms with Crippen molar-refractivity contribution >= 4 is 29.1 Å². The van der Waals surface area contributed by atoms with Crippen LogP contribution in [0.4, 0.5) is 0 Å². The van der Waals surface area contributed by atoms with Gasteiger partial charge in [0.15, 0.2) is 0 Å². The molecule has 0 unspecified atom stereocenters. The standard InChI is InChI=1S/C23H26ClN3O3/c1-15(2)23(29)26(3)14-22(28)27-21(16-8-10-18(24)11-9-16)13-20(25-27)17-6-5-7-19(12-17)30-4/h5-12,15,21H,13-14H2,1-4H3/t21-/m1/s1. The molecular weight excluding hydrogens is 402 g/mol. The van der Waals surface area contributed by atoms with Crippen LogP contribution in [-0.2, 0) is 9.59 Å². The molecule has 0 aromatic heterocycles. The molecule has 0 aliphatic carbocycles. The van der Waals surface area contributed by atoms with Crippen LogP contribution in [0.5, 0.6) is 5.75 Å². The first-order chi connectivity index (χ1) is 14.3. The summed E-state index contributed by atoms with van der Waals surface area (Å²) in [7, 11) is 3.25. The lowest BCUT2D eigenvalue weighted by molar-refractivity contribution is -0.142. The second kappa shape index (κ2) is 9.30. The van der Waals surface area contributed by atoms with E-state index in [9.17, 15) is 9.59 Å². The predicted octanol–water partition coefficient (Wildman–Crippen LogP) is 4.14. The molecule has 0 N–H and O–H groups in total. The van der Waals surface area contributed by atoms with Crippen molar-refractivity contribution in [1.29, 1.82) is 0 Å². The van der Waals surface area contributed by atoms with Gasteiger partial charge < -0.3 is 9.64 Å². The van der Waals surface area contributed by atoms with E-state index in [1.807, 2.05) is 50.2 Å². The summed E-state index contributed by atoms with van der Waals surface area (Å²) in [6, 6.07) is 14.8. The number of likely N-dealkylation sites (N-methyl/N-ethyl adjacent to an activating group) is 1. The summed E-state index contributed by atoms with van der Waals surface area (Å²) in [5, 5.41) is 6.76. The topological polar surface area (TPSA) is 62.2 Å². The molecule has 1 aliphatic rings. The minimum Gasteiger partial charge on any atom is -0.497 e. The van der Waals surface area contributed by atoms with E-state index in [0.29, 0.717) is 11.4 Å². The van der Waals surface area contributed by atoms with E-state index < -0.39 is 0 Å². The van der Waals surface area contributed by atoms with Crippen molar-refractivity contribution < 1.29 is 14.3 Å².